The molecule has 2 aromatic carbocycles. The van der Waals surface area contributed by atoms with Gasteiger partial charge in [-0.2, -0.15) is 0 Å². The standard InChI is InChI=1S/C20H22N2O4S/c1-13(2)16-9-8-15(12-14(16)3)26-19(23)10-11-21-20-17-6-4-5-7-18(17)27(24,25)22-20/h4-9,12-13H,10-11H2,1-3H3,(H,21,22). The van der Waals surface area contributed by atoms with Crippen molar-refractivity contribution in [1.82, 2.24) is 4.72 Å². The molecule has 142 valence electrons. The molecule has 0 aliphatic carbocycles. The number of aryl methyl sites for hydroxylation is 1. The van der Waals surface area contributed by atoms with E-state index in [-0.39, 0.29) is 23.7 Å². The smallest absolute Gasteiger partial charge is 0.313 e. The fourth-order valence-corrected chi connectivity index (χ4v) is 4.30. The van der Waals surface area contributed by atoms with Gasteiger partial charge in [-0.05, 0) is 48.2 Å². The summed E-state index contributed by atoms with van der Waals surface area (Å²) in [4.78, 5) is 16.5. The maximum atomic E-state index is 12.1. The van der Waals surface area contributed by atoms with E-state index < -0.39 is 16.0 Å². The summed E-state index contributed by atoms with van der Waals surface area (Å²) in [5.74, 6) is 0.755. The lowest BCUT2D eigenvalue weighted by Crippen LogP contribution is -2.22. The van der Waals surface area contributed by atoms with Crippen molar-refractivity contribution in [2.24, 2.45) is 4.99 Å². The molecule has 1 aliphatic heterocycles. The first-order valence-electron chi connectivity index (χ1n) is 8.76. The highest BCUT2D eigenvalue weighted by Crippen LogP contribution is 2.24. The molecule has 0 atom stereocenters. The highest BCUT2D eigenvalue weighted by atomic mass is 32.2. The number of ether oxygens (including phenoxy) is 1. The molecule has 2 aromatic rings. The highest BCUT2D eigenvalue weighted by molar-refractivity contribution is 7.90. The quantitative estimate of drug-likeness (QED) is 0.632. The number of benzene rings is 2. The fourth-order valence-electron chi connectivity index (χ4n) is 3.05. The van der Waals surface area contributed by atoms with Gasteiger partial charge in [-0.1, -0.05) is 32.0 Å². The van der Waals surface area contributed by atoms with Crippen LogP contribution in [0.3, 0.4) is 0 Å². The second-order valence-corrected chi connectivity index (χ2v) is 8.38. The third kappa shape index (κ3) is 4.19. The molecule has 27 heavy (non-hydrogen) atoms. The summed E-state index contributed by atoms with van der Waals surface area (Å²) in [5.41, 5.74) is 2.81. The number of amidine groups is 1. The Bertz CT molecular complexity index is 1010. The second kappa shape index (κ2) is 7.52. The molecular weight excluding hydrogens is 364 g/mol. The molecule has 0 unspecified atom stereocenters. The van der Waals surface area contributed by atoms with Crippen molar-refractivity contribution < 1.29 is 17.9 Å². The highest BCUT2D eigenvalue weighted by Gasteiger charge is 2.29. The van der Waals surface area contributed by atoms with Gasteiger partial charge >= 0.3 is 5.97 Å². The minimum atomic E-state index is -3.57. The third-order valence-corrected chi connectivity index (χ3v) is 5.74. The minimum Gasteiger partial charge on any atom is -0.426 e. The van der Waals surface area contributed by atoms with E-state index in [1.54, 1.807) is 24.3 Å². The van der Waals surface area contributed by atoms with Crippen LogP contribution in [0.4, 0.5) is 0 Å². The Morgan fingerprint density at radius 3 is 2.63 bits per heavy atom. The zero-order chi connectivity index (χ0) is 19.6. The van der Waals surface area contributed by atoms with Gasteiger partial charge in [0.15, 0.2) is 0 Å². The van der Waals surface area contributed by atoms with Gasteiger partial charge in [-0.15, -0.1) is 0 Å². The van der Waals surface area contributed by atoms with E-state index in [9.17, 15) is 13.2 Å². The SMILES string of the molecule is Cc1cc(OC(=O)CCN=C2NS(=O)(=O)c3ccccc32)ccc1C(C)C. The molecule has 0 saturated heterocycles. The van der Waals surface area contributed by atoms with Crippen LogP contribution >= 0.6 is 0 Å². The fraction of sp³-hybridized carbons (Fsp3) is 0.300. The number of nitrogens with one attached hydrogen (secondary N) is 1. The number of hydrogen-bond acceptors (Lipinski definition) is 5. The van der Waals surface area contributed by atoms with Crippen LogP contribution < -0.4 is 9.46 Å². The predicted octanol–water partition coefficient (Wildman–Crippen LogP) is 3.15. The number of sulfonamides is 1. The average Bonchev–Trinajstić information content (AvgIpc) is 2.86. The normalized spacial score (nSPS) is 16.2. The van der Waals surface area contributed by atoms with Crippen molar-refractivity contribution in [3.05, 3.63) is 59.2 Å². The van der Waals surface area contributed by atoms with Gasteiger partial charge < -0.3 is 4.74 Å². The van der Waals surface area contributed by atoms with Crippen molar-refractivity contribution in [3.63, 3.8) is 0 Å². The first kappa shape index (κ1) is 19.1. The maximum absolute atomic E-state index is 12.1. The van der Waals surface area contributed by atoms with E-state index in [0.29, 0.717) is 17.2 Å². The lowest BCUT2D eigenvalue weighted by molar-refractivity contribution is -0.134. The largest absolute Gasteiger partial charge is 0.426 e. The van der Waals surface area contributed by atoms with Crippen LogP contribution in [0.25, 0.3) is 0 Å². The first-order chi connectivity index (χ1) is 12.8. The number of fused-ring (bicyclic) bond motifs is 1. The van der Waals surface area contributed by atoms with Crippen molar-refractivity contribution in [3.8, 4) is 5.75 Å². The average molecular weight is 386 g/mol. The van der Waals surface area contributed by atoms with E-state index in [4.69, 9.17) is 4.74 Å². The van der Waals surface area contributed by atoms with Gasteiger partial charge in [-0.25, -0.2) is 8.42 Å². The van der Waals surface area contributed by atoms with E-state index in [1.807, 2.05) is 19.1 Å². The molecule has 0 radical (unpaired) electrons. The van der Waals surface area contributed by atoms with E-state index >= 15 is 0 Å². The molecule has 0 amide bonds. The number of nitrogens with zero attached hydrogens (tertiary/aromatic N) is 1. The van der Waals surface area contributed by atoms with Gasteiger partial charge in [0.25, 0.3) is 10.0 Å². The van der Waals surface area contributed by atoms with Gasteiger partial charge in [0, 0.05) is 5.56 Å². The Morgan fingerprint density at radius 2 is 1.93 bits per heavy atom. The molecule has 0 bridgehead atoms. The van der Waals surface area contributed by atoms with Crippen molar-refractivity contribution in [2.75, 3.05) is 6.54 Å². The van der Waals surface area contributed by atoms with Crippen LogP contribution in [0, 0.1) is 6.92 Å². The molecule has 1 N–H and O–H groups in total. The summed E-state index contributed by atoms with van der Waals surface area (Å²) in [6, 6.07) is 12.2. The Morgan fingerprint density at radius 1 is 1.19 bits per heavy atom. The third-order valence-electron chi connectivity index (χ3n) is 4.34. The van der Waals surface area contributed by atoms with Gasteiger partial charge in [0.1, 0.15) is 11.6 Å². The maximum Gasteiger partial charge on any atom is 0.313 e. The Hall–Kier alpha value is -2.67. The van der Waals surface area contributed by atoms with Crippen LogP contribution in [-0.4, -0.2) is 26.8 Å². The van der Waals surface area contributed by atoms with Gasteiger partial charge in [0.2, 0.25) is 0 Å². The van der Waals surface area contributed by atoms with Crippen LogP contribution in [0.5, 0.6) is 5.75 Å². The topological polar surface area (TPSA) is 84.8 Å². The number of hydrogen-bond donors (Lipinski definition) is 1. The summed E-state index contributed by atoms with van der Waals surface area (Å²) in [7, 11) is -3.57. The molecular formula is C20H22N2O4S. The van der Waals surface area contributed by atoms with Crippen LogP contribution in [0.1, 0.15) is 42.9 Å². The molecule has 7 heteroatoms. The molecule has 1 heterocycles. The molecule has 0 spiro atoms. The summed E-state index contributed by atoms with van der Waals surface area (Å²) in [5, 5.41) is 0. The predicted molar refractivity (Wildman–Crippen MR) is 104 cm³/mol. The molecule has 6 nitrogen and oxygen atoms in total. The van der Waals surface area contributed by atoms with Gasteiger partial charge in [-0.3, -0.25) is 14.5 Å². The summed E-state index contributed by atoms with van der Waals surface area (Å²) in [6.45, 7) is 6.35. The Labute approximate surface area is 159 Å². The van der Waals surface area contributed by atoms with Crippen LogP contribution in [-0.2, 0) is 14.8 Å². The van der Waals surface area contributed by atoms with Gasteiger partial charge in [0.05, 0.1) is 17.9 Å². The zero-order valence-electron chi connectivity index (χ0n) is 15.5. The number of rotatable bonds is 5. The van der Waals surface area contributed by atoms with Crippen LogP contribution in [0.2, 0.25) is 0 Å². The number of carbonyl (C=O) groups is 1. The summed E-state index contributed by atoms with van der Waals surface area (Å²) in [6.07, 6.45) is 0.0539. The summed E-state index contributed by atoms with van der Waals surface area (Å²) < 4.78 is 31.8. The van der Waals surface area contributed by atoms with Crippen molar-refractivity contribution >= 4 is 21.8 Å². The Kier molecular flexibility index (Phi) is 5.32. The Balaban J connectivity index is 1.62. The van der Waals surface area contributed by atoms with Crippen molar-refractivity contribution in [2.45, 2.75) is 38.0 Å². The van der Waals surface area contributed by atoms with E-state index in [0.717, 1.165) is 5.56 Å². The lowest BCUT2D eigenvalue weighted by Gasteiger charge is -2.11. The lowest BCUT2D eigenvalue weighted by atomic mass is 9.98. The van der Waals surface area contributed by atoms with Crippen molar-refractivity contribution in [1.29, 1.82) is 0 Å². The molecule has 1 aliphatic rings. The van der Waals surface area contributed by atoms with E-state index in [2.05, 4.69) is 23.6 Å². The molecule has 0 aromatic heterocycles. The first-order valence-corrected chi connectivity index (χ1v) is 10.2. The van der Waals surface area contributed by atoms with Crippen LogP contribution in [0.15, 0.2) is 52.4 Å². The number of aliphatic imine (C=N–C) groups is 1. The molecule has 3 rings (SSSR count). The van der Waals surface area contributed by atoms with E-state index in [1.165, 1.54) is 11.6 Å². The monoisotopic (exact) mass is 386 g/mol. The second-order valence-electron chi connectivity index (χ2n) is 6.73. The number of esters is 1. The number of carbonyl (C=O) groups excluding carboxylic acids is 1. The minimum absolute atomic E-state index is 0.0539. The molecule has 0 fully saturated rings. The zero-order valence-corrected chi connectivity index (χ0v) is 16.3. The molecule has 0 saturated carbocycles. The summed E-state index contributed by atoms with van der Waals surface area (Å²) >= 11 is 0.